The van der Waals surface area contributed by atoms with Crippen LogP contribution in [0.15, 0.2) is 42.5 Å². The monoisotopic (exact) mass is 289 g/mol. The van der Waals surface area contributed by atoms with E-state index in [9.17, 15) is 4.39 Å². The van der Waals surface area contributed by atoms with E-state index in [2.05, 4.69) is 0 Å². The first-order chi connectivity index (χ1) is 10.1. The molecule has 2 rings (SSSR count). The van der Waals surface area contributed by atoms with Crippen molar-refractivity contribution in [3.05, 3.63) is 65.0 Å². The van der Waals surface area contributed by atoms with E-state index < -0.39 is 6.04 Å². The summed E-state index contributed by atoms with van der Waals surface area (Å²) in [6, 6.07) is 12.1. The molecule has 4 heteroatoms. The van der Waals surface area contributed by atoms with Crippen LogP contribution in [0.1, 0.15) is 22.7 Å². The Balaban J connectivity index is 2.25. The zero-order valence-electron chi connectivity index (χ0n) is 12.3. The van der Waals surface area contributed by atoms with Crippen LogP contribution < -0.4 is 10.5 Å². The summed E-state index contributed by atoms with van der Waals surface area (Å²) in [5, 5.41) is 0. The Morgan fingerprint density at radius 3 is 2.62 bits per heavy atom. The van der Waals surface area contributed by atoms with Gasteiger partial charge in [0, 0.05) is 12.7 Å². The first-order valence-electron chi connectivity index (χ1n) is 6.85. The molecule has 1 unspecified atom stereocenters. The van der Waals surface area contributed by atoms with Crippen LogP contribution in [0.4, 0.5) is 4.39 Å². The number of methoxy groups -OCH3 is 1. The molecule has 0 aromatic heterocycles. The number of halogens is 1. The van der Waals surface area contributed by atoms with Crippen molar-refractivity contribution in [2.75, 3.05) is 20.3 Å². The number of rotatable bonds is 6. The normalized spacial score (nSPS) is 12.2. The van der Waals surface area contributed by atoms with Gasteiger partial charge in [-0.25, -0.2) is 4.39 Å². The fourth-order valence-corrected chi connectivity index (χ4v) is 2.09. The van der Waals surface area contributed by atoms with Crippen molar-refractivity contribution in [1.82, 2.24) is 0 Å². The minimum atomic E-state index is -0.432. The molecular weight excluding hydrogens is 269 g/mol. The van der Waals surface area contributed by atoms with E-state index in [0.717, 1.165) is 11.1 Å². The molecule has 0 aliphatic rings. The van der Waals surface area contributed by atoms with Crippen molar-refractivity contribution in [1.29, 1.82) is 0 Å². The van der Waals surface area contributed by atoms with Gasteiger partial charge < -0.3 is 15.2 Å². The Kier molecular flexibility index (Phi) is 5.31. The van der Waals surface area contributed by atoms with Gasteiger partial charge in [-0.05, 0) is 30.2 Å². The summed E-state index contributed by atoms with van der Waals surface area (Å²) in [6.07, 6.45) is 0. The molecule has 0 bridgehead atoms. The van der Waals surface area contributed by atoms with Gasteiger partial charge >= 0.3 is 0 Å². The van der Waals surface area contributed by atoms with Crippen molar-refractivity contribution in [2.45, 2.75) is 13.0 Å². The van der Waals surface area contributed by atoms with Crippen LogP contribution in [-0.4, -0.2) is 20.3 Å². The molecule has 0 radical (unpaired) electrons. The van der Waals surface area contributed by atoms with E-state index >= 15 is 0 Å². The average Bonchev–Trinajstić information content (AvgIpc) is 2.50. The maximum atomic E-state index is 13.7. The fraction of sp³-hybridized carbons (Fsp3) is 0.294. The molecule has 2 aromatic rings. The van der Waals surface area contributed by atoms with Gasteiger partial charge in [0.25, 0.3) is 0 Å². The molecular formula is C17H20FNO2. The molecule has 0 saturated heterocycles. The van der Waals surface area contributed by atoms with E-state index in [1.54, 1.807) is 20.1 Å². The third kappa shape index (κ3) is 3.80. The van der Waals surface area contributed by atoms with Gasteiger partial charge in [0.2, 0.25) is 0 Å². The van der Waals surface area contributed by atoms with Gasteiger partial charge in [-0.1, -0.05) is 30.3 Å². The molecule has 3 nitrogen and oxygen atoms in total. The van der Waals surface area contributed by atoms with Gasteiger partial charge in [-0.2, -0.15) is 0 Å². The Labute approximate surface area is 124 Å². The Morgan fingerprint density at radius 1 is 1.14 bits per heavy atom. The maximum Gasteiger partial charge on any atom is 0.126 e. The SMILES string of the molecule is COCCOc1ccccc1C(N)c1ccc(C)c(F)c1. The van der Waals surface area contributed by atoms with Gasteiger partial charge in [0.15, 0.2) is 0 Å². The third-order valence-electron chi connectivity index (χ3n) is 3.35. The van der Waals surface area contributed by atoms with E-state index in [0.29, 0.717) is 24.5 Å². The first-order valence-corrected chi connectivity index (χ1v) is 6.85. The van der Waals surface area contributed by atoms with Crippen LogP contribution in [0.5, 0.6) is 5.75 Å². The van der Waals surface area contributed by atoms with Crippen molar-refractivity contribution < 1.29 is 13.9 Å². The number of aryl methyl sites for hydroxylation is 1. The van der Waals surface area contributed by atoms with Crippen LogP contribution in [0.25, 0.3) is 0 Å². The summed E-state index contributed by atoms with van der Waals surface area (Å²) >= 11 is 0. The molecule has 2 N–H and O–H groups in total. The Hall–Kier alpha value is -1.91. The maximum absolute atomic E-state index is 13.7. The second kappa shape index (κ2) is 7.20. The summed E-state index contributed by atoms with van der Waals surface area (Å²) in [4.78, 5) is 0. The lowest BCUT2D eigenvalue weighted by molar-refractivity contribution is 0.145. The fourth-order valence-electron chi connectivity index (χ4n) is 2.09. The van der Waals surface area contributed by atoms with E-state index in [1.807, 2.05) is 30.3 Å². The van der Waals surface area contributed by atoms with Crippen LogP contribution in [0.2, 0.25) is 0 Å². The lowest BCUT2D eigenvalue weighted by atomic mass is 9.97. The Morgan fingerprint density at radius 2 is 1.90 bits per heavy atom. The molecule has 2 aromatic carbocycles. The van der Waals surface area contributed by atoms with Gasteiger partial charge in [-0.15, -0.1) is 0 Å². The van der Waals surface area contributed by atoms with Crippen LogP contribution in [0.3, 0.4) is 0 Å². The number of para-hydroxylation sites is 1. The Bertz CT molecular complexity index is 601. The summed E-state index contributed by atoms with van der Waals surface area (Å²) < 4.78 is 24.3. The lowest BCUT2D eigenvalue weighted by Gasteiger charge is -2.17. The first kappa shape index (κ1) is 15.5. The smallest absolute Gasteiger partial charge is 0.126 e. The van der Waals surface area contributed by atoms with Crippen LogP contribution in [-0.2, 0) is 4.74 Å². The van der Waals surface area contributed by atoms with Crippen molar-refractivity contribution in [2.24, 2.45) is 5.73 Å². The van der Waals surface area contributed by atoms with Crippen LogP contribution >= 0.6 is 0 Å². The predicted octanol–water partition coefficient (Wildman–Crippen LogP) is 3.21. The molecule has 0 spiro atoms. The standard InChI is InChI=1S/C17H20FNO2/c1-12-7-8-13(11-15(12)18)17(19)14-5-3-4-6-16(14)21-10-9-20-2/h3-8,11,17H,9-10,19H2,1-2H3. The van der Waals surface area contributed by atoms with Crippen molar-refractivity contribution >= 4 is 0 Å². The topological polar surface area (TPSA) is 44.5 Å². The number of ether oxygens (including phenoxy) is 2. The zero-order chi connectivity index (χ0) is 15.2. The van der Waals surface area contributed by atoms with Gasteiger partial charge in [0.1, 0.15) is 18.2 Å². The molecule has 0 amide bonds. The minimum absolute atomic E-state index is 0.249. The zero-order valence-corrected chi connectivity index (χ0v) is 12.3. The summed E-state index contributed by atoms with van der Waals surface area (Å²) in [6.45, 7) is 2.68. The molecule has 21 heavy (non-hydrogen) atoms. The molecule has 0 saturated carbocycles. The van der Waals surface area contributed by atoms with E-state index in [-0.39, 0.29) is 5.82 Å². The predicted molar refractivity (Wildman–Crippen MR) is 81.0 cm³/mol. The quantitative estimate of drug-likeness (QED) is 0.831. The van der Waals surface area contributed by atoms with Crippen LogP contribution in [0, 0.1) is 12.7 Å². The highest BCUT2D eigenvalue weighted by molar-refractivity contribution is 5.42. The highest BCUT2D eigenvalue weighted by Gasteiger charge is 2.15. The largest absolute Gasteiger partial charge is 0.491 e. The second-order valence-corrected chi connectivity index (χ2v) is 4.87. The summed E-state index contributed by atoms with van der Waals surface area (Å²) in [5.41, 5.74) is 8.42. The summed E-state index contributed by atoms with van der Waals surface area (Å²) in [7, 11) is 1.62. The molecule has 0 aliphatic carbocycles. The second-order valence-electron chi connectivity index (χ2n) is 4.87. The molecule has 0 fully saturated rings. The highest BCUT2D eigenvalue weighted by atomic mass is 19.1. The minimum Gasteiger partial charge on any atom is -0.491 e. The van der Waals surface area contributed by atoms with Gasteiger partial charge in [-0.3, -0.25) is 0 Å². The molecule has 112 valence electrons. The molecule has 1 atom stereocenters. The number of hydrogen-bond acceptors (Lipinski definition) is 3. The third-order valence-corrected chi connectivity index (χ3v) is 3.35. The number of nitrogens with two attached hydrogens (primary N) is 1. The van der Waals surface area contributed by atoms with Gasteiger partial charge in [0.05, 0.1) is 12.6 Å². The van der Waals surface area contributed by atoms with E-state index in [1.165, 1.54) is 6.07 Å². The lowest BCUT2D eigenvalue weighted by Crippen LogP contribution is -2.15. The number of benzene rings is 2. The highest BCUT2D eigenvalue weighted by Crippen LogP contribution is 2.29. The molecule has 0 aliphatic heterocycles. The number of hydrogen-bond donors (Lipinski definition) is 1. The van der Waals surface area contributed by atoms with Crippen molar-refractivity contribution in [3.63, 3.8) is 0 Å². The van der Waals surface area contributed by atoms with Crippen molar-refractivity contribution in [3.8, 4) is 5.75 Å². The molecule has 0 heterocycles. The average molecular weight is 289 g/mol. The summed E-state index contributed by atoms with van der Waals surface area (Å²) in [5.74, 6) is 0.448. The van der Waals surface area contributed by atoms with E-state index in [4.69, 9.17) is 15.2 Å².